The molecule has 1 saturated heterocycles. The highest BCUT2D eigenvalue weighted by molar-refractivity contribution is 5.26. The summed E-state index contributed by atoms with van der Waals surface area (Å²) >= 11 is 0. The molecule has 1 aromatic heterocycles. The highest BCUT2D eigenvalue weighted by Crippen LogP contribution is 2.21. The molecule has 1 fully saturated rings. The number of likely N-dealkylation sites (tertiary alicyclic amines) is 1. The predicted molar refractivity (Wildman–Crippen MR) is 66.0 cm³/mol. The van der Waals surface area contributed by atoms with Crippen LogP contribution in [0.3, 0.4) is 0 Å². The molecule has 1 aliphatic heterocycles. The van der Waals surface area contributed by atoms with Crippen LogP contribution in [0.4, 0.5) is 0 Å². The Hall–Kier alpha value is -1.13. The van der Waals surface area contributed by atoms with Gasteiger partial charge in [-0.15, -0.1) is 0 Å². The first-order chi connectivity index (χ1) is 8.22. The number of aromatic nitrogens is 1. The third-order valence-electron chi connectivity index (χ3n) is 3.29. The zero-order valence-electron chi connectivity index (χ0n) is 10.5. The fraction of sp³-hybridized carbons (Fsp3) is 0.615. The second-order valence-corrected chi connectivity index (χ2v) is 4.59. The quantitative estimate of drug-likeness (QED) is 0.857. The molecule has 1 aliphatic rings. The second kappa shape index (κ2) is 5.47. The maximum Gasteiger partial charge on any atom is 0.122 e. The zero-order chi connectivity index (χ0) is 12.3. The summed E-state index contributed by atoms with van der Waals surface area (Å²) in [5.74, 6) is 0.854. The van der Waals surface area contributed by atoms with Crippen LogP contribution in [-0.2, 0) is 6.54 Å². The van der Waals surface area contributed by atoms with Gasteiger partial charge in [-0.3, -0.25) is 9.88 Å². The van der Waals surface area contributed by atoms with Crippen molar-refractivity contribution in [3.05, 3.63) is 23.5 Å². The van der Waals surface area contributed by atoms with Crippen LogP contribution in [0, 0.1) is 6.92 Å². The Morgan fingerprint density at radius 3 is 3.06 bits per heavy atom. The second-order valence-electron chi connectivity index (χ2n) is 4.59. The molecule has 0 saturated carbocycles. The van der Waals surface area contributed by atoms with E-state index in [0.717, 1.165) is 43.1 Å². The van der Waals surface area contributed by atoms with Gasteiger partial charge < -0.3 is 9.84 Å². The molecule has 0 unspecified atom stereocenters. The summed E-state index contributed by atoms with van der Waals surface area (Å²) in [5, 5.41) is 9.28. The van der Waals surface area contributed by atoms with Crippen molar-refractivity contribution in [1.29, 1.82) is 0 Å². The summed E-state index contributed by atoms with van der Waals surface area (Å²) < 4.78 is 5.25. The zero-order valence-corrected chi connectivity index (χ0v) is 10.5. The predicted octanol–water partition coefficient (Wildman–Crippen LogP) is 1.36. The Labute approximate surface area is 102 Å². The lowest BCUT2D eigenvalue weighted by molar-refractivity contribution is 0.152. The third-order valence-corrected chi connectivity index (χ3v) is 3.29. The SMILES string of the molecule is COc1cc(C)nc(CN2CCC[C@H]2CO)c1. The van der Waals surface area contributed by atoms with Crippen molar-refractivity contribution in [3.8, 4) is 5.75 Å². The first-order valence-electron chi connectivity index (χ1n) is 6.09. The van der Waals surface area contributed by atoms with E-state index in [1.807, 2.05) is 19.1 Å². The molecule has 2 rings (SSSR count). The molecular formula is C13H20N2O2. The van der Waals surface area contributed by atoms with Crippen molar-refractivity contribution in [1.82, 2.24) is 9.88 Å². The molecule has 2 heterocycles. The van der Waals surface area contributed by atoms with Gasteiger partial charge in [-0.25, -0.2) is 0 Å². The summed E-state index contributed by atoms with van der Waals surface area (Å²) in [7, 11) is 1.67. The Kier molecular flexibility index (Phi) is 3.97. The number of ether oxygens (including phenoxy) is 1. The van der Waals surface area contributed by atoms with Gasteiger partial charge in [-0.1, -0.05) is 0 Å². The maximum atomic E-state index is 9.28. The minimum absolute atomic E-state index is 0.239. The smallest absolute Gasteiger partial charge is 0.122 e. The molecule has 0 aliphatic carbocycles. The molecule has 4 nitrogen and oxygen atoms in total. The van der Waals surface area contributed by atoms with Gasteiger partial charge in [0.25, 0.3) is 0 Å². The van der Waals surface area contributed by atoms with E-state index in [1.54, 1.807) is 7.11 Å². The van der Waals surface area contributed by atoms with Crippen LogP contribution in [0.1, 0.15) is 24.2 Å². The van der Waals surface area contributed by atoms with Crippen molar-refractivity contribution in [3.63, 3.8) is 0 Å². The Balaban J connectivity index is 2.09. The lowest BCUT2D eigenvalue weighted by Gasteiger charge is -2.22. The standard InChI is InChI=1S/C13H20N2O2/c1-10-6-13(17-2)7-11(14-10)8-15-5-3-4-12(15)9-16/h6-7,12,16H,3-5,8-9H2,1-2H3/t12-/m0/s1. The van der Waals surface area contributed by atoms with Gasteiger partial charge in [0.05, 0.1) is 19.4 Å². The van der Waals surface area contributed by atoms with E-state index >= 15 is 0 Å². The third kappa shape index (κ3) is 2.96. The molecule has 0 aromatic carbocycles. The van der Waals surface area contributed by atoms with Gasteiger partial charge >= 0.3 is 0 Å². The molecule has 0 radical (unpaired) electrons. The average molecular weight is 236 g/mol. The largest absolute Gasteiger partial charge is 0.497 e. The van der Waals surface area contributed by atoms with Crippen LogP contribution < -0.4 is 4.74 Å². The summed E-state index contributed by atoms with van der Waals surface area (Å²) in [6.07, 6.45) is 2.24. The molecule has 17 heavy (non-hydrogen) atoms. The summed E-state index contributed by atoms with van der Waals surface area (Å²) in [6, 6.07) is 4.19. The van der Waals surface area contributed by atoms with E-state index in [2.05, 4.69) is 9.88 Å². The van der Waals surface area contributed by atoms with Crippen LogP contribution >= 0.6 is 0 Å². The number of rotatable bonds is 4. The fourth-order valence-electron chi connectivity index (χ4n) is 2.42. The van der Waals surface area contributed by atoms with E-state index in [4.69, 9.17) is 4.74 Å². The van der Waals surface area contributed by atoms with E-state index in [9.17, 15) is 5.11 Å². The van der Waals surface area contributed by atoms with E-state index in [0.29, 0.717) is 6.04 Å². The molecule has 4 heteroatoms. The average Bonchev–Trinajstić information content (AvgIpc) is 2.75. The number of aliphatic hydroxyl groups is 1. The van der Waals surface area contributed by atoms with Crippen molar-refractivity contribution in [2.75, 3.05) is 20.3 Å². The normalized spacial score (nSPS) is 20.8. The minimum atomic E-state index is 0.239. The number of aryl methyl sites for hydroxylation is 1. The lowest BCUT2D eigenvalue weighted by atomic mass is 10.2. The molecular weight excluding hydrogens is 216 g/mol. The summed E-state index contributed by atoms with van der Waals surface area (Å²) in [6.45, 7) is 4.05. The van der Waals surface area contributed by atoms with Gasteiger partial charge in [0.2, 0.25) is 0 Å². The molecule has 0 amide bonds. The Morgan fingerprint density at radius 1 is 1.53 bits per heavy atom. The van der Waals surface area contributed by atoms with Crippen molar-refractivity contribution >= 4 is 0 Å². The topological polar surface area (TPSA) is 45.6 Å². The van der Waals surface area contributed by atoms with E-state index in [1.165, 1.54) is 0 Å². The van der Waals surface area contributed by atoms with Crippen LogP contribution in [0.15, 0.2) is 12.1 Å². The number of hydrogen-bond donors (Lipinski definition) is 1. The van der Waals surface area contributed by atoms with Crippen molar-refractivity contribution in [2.45, 2.75) is 32.4 Å². The van der Waals surface area contributed by atoms with Gasteiger partial charge in [0.15, 0.2) is 0 Å². The Morgan fingerprint density at radius 2 is 2.35 bits per heavy atom. The number of pyridine rings is 1. The maximum absolute atomic E-state index is 9.28. The minimum Gasteiger partial charge on any atom is -0.497 e. The van der Waals surface area contributed by atoms with Crippen LogP contribution in [0.5, 0.6) is 5.75 Å². The number of aliphatic hydroxyl groups excluding tert-OH is 1. The fourth-order valence-corrected chi connectivity index (χ4v) is 2.42. The molecule has 0 spiro atoms. The lowest BCUT2D eigenvalue weighted by Crippen LogP contribution is -2.31. The van der Waals surface area contributed by atoms with Gasteiger partial charge in [0.1, 0.15) is 5.75 Å². The monoisotopic (exact) mass is 236 g/mol. The van der Waals surface area contributed by atoms with Crippen LogP contribution in [0.2, 0.25) is 0 Å². The summed E-state index contributed by atoms with van der Waals surface area (Å²) in [5.41, 5.74) is 1.99. The van der Waals surface area contributed by atoms with Crippen LogP contribution in [-0.4, -0.2) is 41.3 Å². The van der Waals surface area contributed by atoms with Gasteiger partial charge in [-0.2, -0.15) is 0 Å². The first-order valence-corrected chi connectivity index (χ1v) is 6.09. The molecule has 0 bridgehead atoms. The molecule has 1 atom stereocenters. The van der Waals surface area contributed by atoms with Crippen molar-refractivity contribution in [2.24, 2.45) is 0 Å². The molecule has 94 valence electrons. The molecule has 1 aromatic rings. The number of hydrogen-bond acceptors (Lipinski definition) is 4. The van der Waals surface area contributed by atoms with Gasteiger partial charge in [0, 0.05) is 30.4 Å². The first kappa shape index (κ1) is 12.3. The Bertz CT molecular complexity index is 382. The van der Waals surface area contributed by atoms with E-state index < -0.39 is 0 Å². The molecule has 1 N–H and O–H groups in total. The van der Waals surface area contributed by atoms with E-state index in [-0.39, 0.29) is 6.61 Å². The highest BCUT2D eigenvalue weighted by atomic mass is 16.5. The van der Waals surface area contributed by atoms with Gasteiger partial charge in [-0.05, 0) is 26.3 Å². The highest BCUT2D eigenvalue weighted by Gasteiger charge is 2.24. The van der Waals surface area contributed by atoms with Crippen molar-refractivity contribution < 1.29 is 9.84 Å². The number of methoxy groups -OCH3 is 1. The number of nitrogens with zero attached hydrogens (tertiary/aromatic N) is 2. The van der Waals surface area contributed by atoms with Crippen LogP contribution in [0.25, 0.3) is 0 Å². The summed E-state index contributed by atoms with van der Waals surface area (Å²) in [4.78, 5) is 6.80.